The molecule has 11 heteroatoms. The van der Waals surface area contributed by atoms with Gasteiger partial charge in [0, 0.05) is 29.6 Å². The van der Waals surface area contributed by atoms with Gasteiger partial charge in [-0.25, -0.2) is 9.55 Å². The number of halogens is 1. The molecule has 0 radical (unpaired) electrons. The zero-order valence-electron chi connectivity index (χ0n) is 21.9. The van der Waals surface area contributed by atoms with E-state index >= 15 is 0 Å². The number of nitrogens with one attached hydrogen (secondary N) is 1. The van der Waals surface area contributed by atoms with Crippen LogP contribution in [0.25, 0.3) is 16.9 Å². The molecule has 206 valence electrons. The number of pyridine rings is 1. The summed E-state index contributed by atoms with van der Waals surface area (Å²) < 4.78 is 23.4. The van der Waals surface area contributed by atoms with E-state index in [1.807, 2.05) is 74.0 Å². The summed E-state index contributed by atoms with van der Waals surface area (Å²) in [6, 6.07) is 16.1. The minimum absolute atomic E-state index is 0.0659. The maximum atomic E-state index is 13.0. The minimum atomic E-state index is -4.63. The van der Waals surface area contributed by atoms with Gasteiger partial charge < -0.3 is 24.2 Å². The number of carbonyl (C=O) groups is 1. The summed E-state index contributed by atoms with van der Waals surface area (Å²) in [4.78, 5) is 35.9. The summed E-state index contributed by atoms with van der Waals surface area (Å²) in [6.07, 6.45) is 4.47. The van der Waals surface area contributed by atoms with E-state index in [9.17, 15) is 9.36 Å². The summed E-state index contributed by atoms with van der Waals surface area (Å²) in [6.45, 7) is 5.55. The summed E-state index contributed by atoms with van der Waals surface area (Å²) >= 11 is 6.30. The Labute approximate surface area is 232 Å². The van der Waals surface area contributed by atoms with Crippen LogP contribution in [0.4, 0.5) is 0 Å². The van der Waals surface area contributed by atoms with Crippen molar-refractivity contribution in [3.05, 3.63) is 88.7 Å². The first kappa shape index (κ1) is 28.8. The van der Waals surface area contributed by atoms with Crippen LogP contribution in [0.1, 0.15) is 41.8 Å². The van der Waals surface area contributed by atoms with Crippen molar-refractivity contribution in [1.82, 2.24) is 14.7 Å². The van der Waals surface area contributed by atoms with Crippen molar-refractivity contribution in [2.45, 2.75) is 45.8 Å². The fraction of sp³-hybridized carbons (Fsp3) is 0.286. The van der Waals surface area contributed by atoms with Crippen LogP contribution >= 0.6 is 19.4 Å². The highest BCUT2D eigenvalue weighted by molar-refractivity contribution is 7.46. The number of aromatic nitrogens is 2. The van der Waals surface area contributed by atoms with E-state index in [1.165, 1.54) is 6.07 Å². The molecule has 1 amide bonds. The SMILES string of the molecule is Cc1cccn2cc(-c3ccc(C[C@@H](CCOP(=O)(O)O)NC(=O)c4ccc(OC(C)C)c(Cl)c4)cc3)nc12. The number of hydrogen-bond donors (Lipinski definition) is 3. The van der Waals surface area contributed by atoms with Gasteiger partial charge in [-0.1, -0.05) is 41.9 Å². The Bertz CT molecular complexity index is 1500. The van der Waals surface area contributed by atoms with E-state index in [1.54, 1.807) is 12.1 Å². The fourth-order valence-corrected chi connectivity index (χ4v) is 4.76. The molecule has 0 spiro atoms. The second-order valence-electron chi connectivity index (χ2n) is 9.54. The van der Waals surface area contributed by atoms with Crippen LogP contribution < -0.4 is 10.1 Å². The topological polar surface area (TPSA) is 122 Å². The van der Waals surface area contributed by atoms with Crippen LogP contribution in [0.2, 0.25) is 5.02 Å². The zero-order chi connectivity index (χ0) is 28.2. The van der Waals surface area contributed by atoms with Gasteiger partial charge in [0.1, 0.15) is 11.4 Å². The largest absolute Gasteiger partial charge is 0.489 e. The van der Waals surface area contributed by atoms with Gasteiger partial charge in [0.05, 0.1) is 23.4 Å². The number of imidazole rings is 1. The number of aryl methyl sites for hydroxylation is 1. The van der Waals surface area contributed by atoms with Crippen molar-refractivity contribution in [2.75, 3.05) is 6.61 Å². The highest BCUT2D eigenvalue weighted by Crippen LogP contribution is 2.36. The number of amides is 1. The smallest absolute Gasteiger partial charge is 0.469 e. The second-order valence-corrected chi connectivity index (χ2v) is 11.2. The summed E-state index contributed by atoms with van der Waals surface area (Å²) in [5.74, 6) is 0.113. The summed E-state index contributed by atoms with van der Waals surface area (Å²) in [7, 11) is -4.63. The predicted molar refractivity (Wildman–Crippen MR) is 150 cm³/mol. The average molecular weight is 572 g/mol. The van der Waals surface area contributed by atoms with E-state index < -0.39 is 13.9 Å². The fourth-order valence-electron chi connectivity index (χ4n) is 4.19. The second kappa shape index (κ2) is 12.3. The standard InChI is InChI=1S/C28H31ClN3O6P/c1-18(2)38-26-11-10-22(16-24(26)29)28(33)30-23(12-14-37-39(34,35)36)15-20-6-8-21(9-7-20)25-17-32-13-4-5-19(3)27(32)31-25/h4-11,13,16-18,23H,12,14-15H2,1-3H3,(H,30,33)(H2,34,35,36)/t23-/m1/s1. The number of nitrogens with zero attached hydrogens (tertiary/aromatic N) is 2. The van der Waals surface area contributed by atoms with Crippen LogP contribution in [0.3, 0.4) is 0 Å². The molecular formula is C28H31ClN3O6P. The summed E-state index contributed by atoms with van der Waals surface area (Å²) in [5.41, 5.74) is 5.05. The number of fused-ring (bicyclic) bond motifs is 1. The molecule has 2 aromatic heterocycles. The van der Waals surface area contributed by atoms with Gasteiger partial charge in [-0.3, -0.25) is 9.32 Å². The van der Waals surface area contributed by atoms with Crippen LogP contribution in [-0.4, -0.2) is 43.8 Å². The molecule has 0 bridgehead atoms. The van der Waals surface area contributed by atoms with Gasteiger partial charge in [0.15, 0.2) is 0 Å². The number of phosphoric ester groups is 1. The Morgan fingerprint density at radius 1 is 1.15 bits per heavy atom. The first-order valence-corrected chi connectivity index (χ1v) is 14.4. The van der Waals surface area contributed by atoms with Crippen molar-refractivity contribution >= 4 is 31.0 Å². The van der Waals surface area contributed by atoms with Gasteiger partial charge in [-0.15, -0.1) is 0 Å². The molecule has 0 aliphatic heterocycles. The third kappa shape index (κ3) is 7.91. The average Bonchev–Trinajstić information content (AvgIpc) is 3.30. The molecule has 1 atom stereocenters. The van der Waals surface area contributed by atoms with Gasteiger partial charge in [-0.2, -0.15) is 0 Å². The number of hydrogen-bond acceptors (Lipinski definition) is 5. The van der Waals surface area contributed by atoms with E-state index in [4.69, 9.17) is 31.1 Å². The predicted octanol–water partition coefficient (Wildman–Crippen LogP) is 5.59. The number of rotatable bonds is 11. The molecular weight excluding hydrogens is 541 g/mol. The molecule has 2 heterocycles. The lowest BCUT2D eigenvalue weighted by Gasteiger charge is -2.20. The van der Waals surface area contributed by atoms with Crippen molar-refractivity contribution < 1.29 is 28.4 Å². The number of benzene rings is 2. The van der Waals surface area contributed by atoms with Gasteiger partial charge in [0.25, 0.3) is 5.91 Å². The monoisotopic (exact) mass is 571 g/mol. The first-order valence-electron chi connectivity index (χ1n) is 12.5. The quantitative estimate of drug-likeness (QED) is 0.201. The molecule has 3 N–H and O–H groups in total. The minimum Gasteiger partial charge on any atom is -0.489 e. The first-order chi connectivity index (χ1) is 18.5. The maximum Gasteiger partial charge on any atom is 0.469 e. The lowest BCUT2D eigenvalue weighted by atomic mass is 10.0. The lowest BCUT2D eigenvalue weighted by molar-refractivity contribution is 0.0930. The molecule has 9 nitrogen and oxygen atoms in total. The molecule has 0 fully saturated rings. The molecule has 2 aromatic carbocycles. The van der Waals surface area contributed by atoms with Gasteiger partial charge in [0.2, 0.25) is 0 Å². The number of carbonyl (C=O) groups excluding carboxylic acids is 1. The van der Waals surface area contributed by atoms with E-state index in [-0.39, 0.29) is 25.0 Å². The third-order valence-corrected chi connectivity index (χ3v) is 6.84. The Hall–Kier alpha value is -3.20. The van der Waals surface area contributed by atoms with E-state index in [0.29, 0.717) is 22.8 Å². The Morgan fingerprint density at radius 2 is 1.90 bits per heavy atom. The van der Waals surface area contributed by atoms with Gasteiger partial charge in [-0.05, 0) is 69.0 Å². The molecule has 0 unspecified atom stereocenters. The van der Waals surface area contributed by atoms with Crippen molar-refractivity contribution in [1.29, 1.82) is 0 Å². The van der Waals surface area contributed by atoms with Crippen molar-refractivity contribution in [3.8, 4) is 17.0 Å². The Kier molecular flexibility index (Phi) is 9.10. The maximum absolute atomic E-state index is 13.0. The molecule has 4 aromatic rings. The molecule has 39 heavy (non-hydrogen) atoms. The molecule has 0 saturated heterocycles. The molecule has 0 saturated carbocycles. The van der Waals surface area contributed by atoms with Crippen LogP contribution in [0, 0.1) is 6.92 Å². The van der Waals surface area contributed by atoms with Gasteiger partial charge >= 0.3 is 7.82 Å². The highest BCUT2D eigenvalue weighted by Gasteiger charge is 2.19. The number of phosphoric acid groups is 1. The Balaban J connectivity index is 1.48. The van der Waals surface area contributed by atoms with Crippen molar-refractivity contribution in [2.24, 2.45) is 0 Å². The molecule has 4 rings (SSSR count). The van der Waals surface area contributed by atoms with Crippen LogP contribution in [0.15, 0.2) is 67.0 Å². The Morgan fingerprint density at radius 3 is 2.54 bits per heavy atom. The highest BCUT2D eigenvalue weighted by atomic mass is 35.5. The van der Waals surface area contributed by atoms with Crippen molar-refractivity contribution in [3.63, 3.8) is 0 Å². The van der Waals surface area contributed by atoms with Crippen LogP contribution in [-0.2, 0) is 15.5 Å². The zero-order valence-corrected chi connectivity index (χ0v) is 23.5. The molecule has 0 aliphatic rings. The normalized spacial score (nSPS) is 12.6. The van der Waals surface area contributed by atoms with Crippen LogP contribution in [0.5, 0.6) is 5.75 Å². The van der Waals surface area contributed by atoms with E-state index in [0.717, 1.165) is 28.0 Å². The van der Waals surface area contributed by atoms with E-state index in [2.05, 4.69) is 9.84 Å². The molecule has 0 aliphatic carbocycles. The summed E-state index contributed by atoms with van der Waals surface area (Å²) in [5, 5.41) is 3.25. The third-order valence-electron chi connectivity index (χ3n) is 6.03. The lowest BCUT2D eigenvalue weighted by Crippen LogP contribution is -2.37. The number of ether oxygens (including phenoxy) is 1.